The van der Waals surface area contributed by atoms with Gasteiger partial charge in [0.2, 0.25) is 15.9 Å². The molecule has 1 aliphatic heterocycles. The molecule has 9 nitrogen and oxygen atoms in total. The number of benzene rings is 3. The normalized spacial score (nSPS) is 14.3. The lowest BCUT2D eigenvalue weighted by molar-refractivity contribution is -0.121. The highest BCUT2D eigenvalue weighted by atomic mass is 35.5. The molecule has 2 amide bonds. The highest BCUT2D eigenvalue weighted by Gasteiger charge is 2.27. The first kappa shape index (κ1) is 30.7. The smallest absolute Gasteiger partial charge is 0.281 e. The van der Waals surface area contributed by atoms with E-state index in [0.29, 0.717) is 52.7 Å². The number of sulfonamides is 1. The Morgan fingerprint density at radius 2 is 1.79 bits per heavy atom. The molecule has 4 aromatic rings. The number of rotatable bonds is 11. The first-order chi connectivity index (χ1) is 20.5. The van der Waals surface area contributed by atoms with Crippen LogP contribution >= 0.6 is 23.2 Å². The Kier molecular flexibility index (Phi) is 9.19. The summed E-state index contributed by atoms with van der Waals surface area (Å²) < 4.78 is 33.7. The molecule has 0 spiro atoms. The lowest BCUT2D eigenvalue weighted by atomic mass is 10.1. The largest absolute Gasteiger partial charge is 0.494 e. The Bertz CT molecular complexity index is 1760. The number of fused-ring (bicyclic) bond motifs is 2. The Labute approximate surface area is 260 Å². The number of aromatic nitrogens is 1. The number of H-pyrrole nitrogens is 1. The zero-order chi connectivity index (χ0) is 30.7. The van der Waals surface area contributed by atoms with Gasteiger partial charge in [0.05, 0.1) is 12.4 Å². The maximum Gasteiger partial charge on any atom is 0.281 e. The molecule has 5 rings (SSSR count). The zero-order valence-electron chi connectivity index (χ0n) is 23.7. The van der Waals surface area contributed by atoms with Gasteiger partial charge in [-0.05, 0) is 79.3 Å². The molecule has 12 heteroatoms. The van der Waals surface area contributed by atoms with Gasteiger partial charge in [-0.2, -0.15) is 0 Å². The maximum atomic E-state index is 13.2. The topological polar surface area (TPSA) is 129 Å². The summed E-state index contributed by atoms with van der Waals surface area (Å²) in [7, 11) is -4.05. The molecule has 0 saturated carbocycles. The second kappa shape index (κ2) is 12.9. The molecule has 0 radical (unpaired) electrons. The van der Waals surface area contributed by atoms with E-state index in [9.17, 15) is 18.0 Å². The van der Waals surface area contributed by atoms with E-state index >= 15 is 0 Å². The number of hydrogen-bond donors (Lipinski definition) is 4. The number of para-hydroxylation sites is 1. The number of aromatic amines is 1. The lowest BCUT2D eigenvalue weighted by Crippen LogP contribution is -2.42. The van der Waals surface area contributed by atoms with Gasteiger partial charge in [0.1, 0.15) is 17.5 Å². The summed E-state index contributed by atoms with van der Waals surface area (Å²) in [5, 5.41) is 7.73. The van der Waals surface area contributed by atoms with Crippen LogP contribution in [0.25, 0.3) is 10.9 Å². The molecule has 1 aliphatic rings. The first-order valence-electron chi connectivity index (χ1n) is 13.9. The van der Waals surface area contributed by atoms with E-state index in [0.717, 1.165) is 27.8 Å². The van der Waals surface area contributed by atoms with E-state index in [1.807, 2.05) is 50.2 Å². The number of aryl methyl sites for hydroxylation is 3. The summed E-state index contributed by atoms with van der Waals surface area (Å²) in [5.74, 6) is -0.848. The standard InChI is InChI=1S/C31H32Cl2N4O5S/c1-18-14-22(15-19(2)28(18)33)42-12-5-7-24-23-10-9-21(32)17-26(23)36-29(24)31(39)37-43(40,41)13-11-34-30(38)27-16-20-6-3-4-8-25(20)35-27/h3-4,6,8-10,14-15,17,27,35-36H,5,7,11-13,16H2,1-2H3,(H,34,38)(H,37,39). The number of hydrogen-bond acceptors (Lipinski definition) is 6. The quantitative estimate of drug-likeness (QED) is 0.164. The van der Waals surface area contributed by atoms with Gasteiger partial charge in [0.15, 0.2) is 0 Å². The third-order valence-electron chi connectivity index (χ3n) is 7.35. The van der Waals surface area contributed by atoms with Crippen LogP contribution in [0.5, 0.6) is 5.75 Å². The maximum absolute atomic E-state index is 13.2. The fraction of sp³-hybridized carbons (Fsp3) is 0.290. The summed E-state index contributed by atoms with van der Waals surface area (Å²) in [6, 6.07) is 16.1. The van der Waals surface area contributed by atoms with Crippen molar-refractivity contribution in [2.75, 3.05) is 24.2 Å². The molecule has 3 aromatic carbocycles. The van der Waals surface area contributed by atoms with E-state index in [-0.39, 0.29) is 18.1 Å². The van der Waals surface area contributed by atoms with Crippen LogP contribution in [0, 0.1) is 13.8 Å². The molecule has 2 heterocycles. The van der Waals surface area contributed by atoms with Crippen LogP contribution < -0.4 is 20.1 Å². The third kappa shape index (κ3) is 7.26. The summed E-state index contributed by atoms with van der Waals surface area (Å²) in [6.45, 7) is 4.06. The van der Waals surface area contributed by atoms with Crippen LogP contribution in [0.15, 0.2) is 54.6 Å². The Morgan fingerprint density at radius 3 is 2.53 bits per heavy atom. The average molecular weight is 644 g/mol. The van der Waals surface area contributed by atoms with Gasteiger partial charge in [-0.3, -0.25) is 9.59 Å². The minimum Gasteiger partial charge on any atom is -0.494 e. The summed E-state index contributed by atoms with van der Waals surface area (Å²) in [6.07, 6.45) is 1.53. The molecule has 226 valence electrons. The summed E-state index contributed by atoms with van der Waals surface area (Å²) in [5.41, 5.74) is 5.17. The fourth-order valence-corrected chi connectivity index (χ4v) is 6.38. The van der Waals surface area contributed by atoms with Crippen molar-refractivity contribution in [2.45, 2.75) is 39.2 Å². The minimum absolute atomic E-state index is 0.135. The number of carbonyl (C=O) groups is 2. The monoisotopic (exact) mass is 642 g/mol. The van der Waals surface area contributed by atoms with Gasteiger partial charge in [-0.25, -0.2) is 13.1 Å². The molecule has 0 aliphatic carbocycles. The average Bonchev–Trinajstić information content (AvgIpc) is 3.55. The second-order valence-corrected chi connectivity index (χ2v) is 13.2. The zero-order valence-corrected chi connectivity index (χ0v) is 26.0. The second-order valence-electron chi connectivity index (χ2n) is 10.6. The van der Waals surface area contributed by atoms with Crippen LogP contribution in [-0.4, -0.2) is 50.2 Å². The Hall–Kier alpha value is -3.73. The highest BCUT2D eigenvalue weighted by Crippen LogP contribution is 2.29. The van der Waals surface area contributed by atoms with Crippen molar-refractivity contribution >= 4 is 61.6 Å². The summed E-state index contributed by atoms with van der Waals surface area (Å²) in [4.78, 5) is 28.9. The van der Waals surface area contributed by atoms with Crippen LogP contribution in [-0.2, 0) is 27.7 Å². The van der Waals surface area contributed by atoms with Gasteiger partial charge >= 0.3 is 0 Å². The van der Waals surface area contributed by atoms with Crippen molar-refractivity contribution in [3.63, 3.8) is 0 Å². The number of nitrogens with one attached hydrogen (secondary N) is 4. The molecule has 0 bridgehead atoms. The lowest BCUT2D eigenvalue weighted by Gasteiger charge is -2.13. The molecule has 1 aromatic heterocycles. The number of ether oxygens (including phenoxy) is 1. The number of amides is 2. The van der Waals surface area contributed by atoms with Crippen molar-refractivity contribution in [3.8, 4) is 5.75 Å². The van der Waals surface area contributed by atoms with Gasteiger partial charge in [0, 0.05) is 39.6 Å². The van der Waals surface area contributed by atoms with Crippen molar-refractivity contribution in [1.82, 2.24) is 15.0 Å². The molecule has 4 N–H and O–H groups in total. The fourth-order valence-electron chi connectivity index (χ4n) is 5.24. The summed E-state index contributed by atoms with van der Waals surface area (Å²) >= 11 is 12.4. The van der Waals surface area contributed by atoms with Crippen LogP contribution in [0.1, 0.15) is 39.2 Å². The Morgan fingerprint density at radius 1 is 1.05 bits per heavy atom. The van der Waals surface area contributed by atoms with Gasteiger partial charge < -0.3 is 20.4 Å². The van der Waals surface area contributed by atoms with Gasteiger partial charge in [0.25, 0.3) is 5.91 Å². The molecular weight excluding hydrogens is 611 g/mol. The molecule has 1 unspecified atom stereocenters. The number of carbonyl (C=O) groups excluding carboxylic acids is 2. The van der Waals surface area contributed by atoms with Crippen molar-refractivity contribution in [3.05, 3.63) is 92.6 Å². The van der Waals surface area contributed by atoms with Crippen LogP contribution in [0.3, 0.4) is 0 Å². The van der Waals surface area contributed by atoms with Crippen molar-refractivity contribution in [1.29, 1.82) is 0 Å². The number of halogens is 2. The Balaban J connectivity index is 1.20. The van der Waals surface area contributed by atoms with Gasteiger partial charge in [-0.15, -0.1) is 0 Å². The van der Waals surface area contributed by atoms with E-state index in [2.05, 4.69) is 20.3 Å². The SMILES string of the molecule is Cc1cc(OCCCc2c(C(=O)NS(=O)(=O)CCNC(=O)C3Cc4ccccc4N3)[nH]c3cc(Cl)ccc23)cc(C)c1Cl. The van der Waals surface area contributed by atoms with Crippen LogP contribution in [0.4, 0.5) is 5.69 Å². The molecule has 43 heavy (non-hydrogen) atoms. The van der Waals surface area contributed by atoms with E-state index in [1.165, 1.54) is 0 Å². The molecule has 0 fully saturated rings. The number of anilines is 1. The van der Waals surface area contributed by atoms with Crippen LogP contribution in [0.2, 0.25) is 10.0 Å². The van der Waals surface area contributed by atoms with E-state index < -0.39 is 27.7 Å². The van der Waals surface area contributed by atoms with Crippen molar-refractivity contribution < 1.29 is 22.7 Å². The molecule has 1 atom stereocenters. The first-order valence-corrected chi connectivity index (χ1v) is 16.3. The third-order valence-corrected chi connectivity index (χ3v) is 9.42. The van der Waals surface area contributed by atoms with E-state index in [1.54, 1.807) is 18.2 Å². The highest BCUT2D eigenvalue weighted by molar-refractivity contribution is 7.90. The molecular formula is C31H32Cl2N4O5S. The van der Waals surface area contributed by atoms with Crippen molar-refractivity contribution in [2.24, 2.45) is 0 Å². The minimum atomic E-state index is -4.05. The predicted octanol–water partition coefficient (Wildman–Crippen LogP) is 5.32. The van der Waals surface area contributed by atoms with E-state index in [4.69, 9.17) is 27.9 Å². The molecule has 0 saturated heterocycles. The predicted molar refractivity (Wildman–Crippen MR) is 170 cm³/mol. The van der Waals surface area contributed by atoms with Gasteiger partial charge in [-0.1, -0.05) is 47.5 Å².